The van der Waals surface area contributed by atoms with Crippen molar-refractivity contribution < 1.29 is 13.0 Å². The summed E-state index contributed by atoms with van der Waals surface area (Å²) in [7, 11) is -3.76. The Kier molecular flexibility index (Phi) is 6.97. The van der Waals surface area contributed by atoms with Crippen LogP contribution in [0, 0.1) is 0 Å². The smallest absolute Gasteiger partial charge is 0.264 e. The molecule has 0 fully saturated rings. The van der Waals surface area contributed by atoms with E-state index < -0.39 is 10.1 Å². The predicted molar refractivity (Wildman–Crippen MR) is 71.0 cm³/mol. The van der Waals surface area contributed by atoms with Gasteiger partial charge in [0.25, 0.3) is 10.1 Å². The Morgan fingerprint density at radius 1 is 1.06 bits per heavy atom. The van der Waals surface area contributed by atoms with Crippen LogP contribution in [0.25, 0.3) is 0 Å². The van der Waals surface area contributed by atoms with Gasteiger partial charge in [0.2, 0.25) is 0 Å². The highest BCUT2D eigenvalue weighted by molar-refractivity contribution is 7.85. The van der Waals surface area contributed by atoms with Gasteiger partial charge in [0.15, 0.2) is 0 Å². The first kappa shape index (κ1) is 15.2. The molecule has 0 amide bonds. The standard InChI is InChI=1S/C12H22N2O3S/c15-18(16,17)11-7-5-3-1-2-4-6-8-12-13-9-10-14-12/h9-10H,1-8,11H2,(H,13,14)(H,15,16,17). The molecular formula is C12H22N2O3S. The van der Waals surface area contributed by atoms with Gasteiger partial charge in [0, 0.05) is 18.8 Å². The third-order valence-corrected chi connectivity index (χ3v) is 3.68. The Morgan fingerprint density at radius 3 is 2.22 bits per heavy atom. The van der Waals surface area contributed by atoms with E-state index in [0.29, 0.717) is 6.42 Å². The molecular weight excluding hydrogens is 252 g/mol. The highest BCUT2D eigenvalue weighted by Gasteiger charge is 2.02. The Labute approximate surface area is 109 Å². The van der Waals surface area contributed by atoms with Crippen LogP contribution in [0.2, 0.25) is 0 Å². The van der Waals surface area contributed by atoms with Crippen LogP contribution in [0.3, 0.4) is 0 Å². The number of imidazole rings is 1. The van der Waals surface area contributed by atoms with Crippen molar-refractivity contribution in [1.29, 1.82) is 0 Å². The number of unbranched alkanes of at least 4 members (excludes halogenated alkanes) is 6. The summed E-state index contributed by atoms with van der Waals surface area (Å²) >= 11 is 0. The Bertz CT molecular complexity index is 401. The molecule has 0 saturated carbocycles. The maximum absolute atomic E-state index is 10.5. The molecule has 0 spiro atoms. The average molecular weight is 274 g/mol. The molecule has 0 aliphatic carbocycles. The number of hydrogen-bond acceptors (Lipinski definition) is 3. The molecule has 1 rings (SSSR count). The lowest BCUT2D eigenvalue weighted by atomic mass is 10.1. The zero-order valence-electron chi connectivity index (χ0n) is 10.6. The van der Waals surface area contributed by atoms with Gasteiger partial charge in [0.05, 0.1) is 5.75 Å². The summed E-state index contributed by atoms with van der Waals surface area (Å²) in [5.41, 5.74) is 0. The Morgan fingerprint density at radius 2 is 1.67 bits per heavy atom. The van der Waals surface area contributed by atoms with Crippen LogP contribution in [0.5, 0.6) is 0 Å². The van der Waals surface area contributed by atoms with Crippen molar-refractivity contribution in [2.75, 3.05) is 5.75 Å². The normalized spacial score (nSPS) is 11.8. The summed E-state index contributed by atoms with van der Waals surface area (Å²) < 4.78 is 29.5. The molecule has 0 aromatic carbocycles. The molecule has 0 aliphatic rings. The van der Waals surface area contributed by atoms with E-state index in [0.717, 1.165) is 37.9 Å². The fraction of sp³-hybridized carbons (Fsp3) is 0.750. The lowest BCUT2D eigenvalue weighted by Crippen LogP contribution is -2.03. The highest BCUT2D eigenvalue weighted by Crippen LogP contribution is 2.09. The minimum Gasteiger partial charge on any atom is -0.349 e. The van der Waals surface area contributed by atoms with Crippen molar-refractivity contribution in [1.82, 2.24) is 9.97 Å². The van der Waals surface area contributed by atoms with E-state index in [9.17, 15) is 8.42 Å². The predicted octanol–water partition coefficient (Wildman–Crippen LogP) is 2.57. The molecule has 18 heavy (non-hydrogen) atoms. The Balaban J connectivity index is 1.84. The van der Waals surface area contributed by atoms with Crippen LogP contribution < -0.4 is 0 Å². The van der Waals surface area contributed by atoms with Gasteiger partial charge in [-0.05, 0) is 12.8 Å². The second-order valence-electron chi connectivity index (χ2n) is 4.55. The fourth-order valence-electron chi connectivity index (χ4n) is 1.90. The Hall–Kier alpha value is -0.880. The molecule has 1 heterocycles. The number of nitrogens with one attached hydrogen (secondary N) is 1. The lowest BCUT2D eigenvalue weighted by molar-refractivity contribution is 0.478. The summed E-state index contributed by atoms with van der Waals surface area (Å²) in [5, 5.41) is 0. The third kappa shape index (κ3) is 8.25. The second kappa shape index (κ2) is 8.26. The van der Waals surface area contributed by atoms with Crippen molar-refractivity contribution in [3.63, 3.8) is 0 Å². The van der Waals surface area contributed by atoms with Crippen LogP contribution in [-0.2, 0) is 16.5 Å². The van der Waals surface area contributed by atoms with E-state index >= 15 is 0 Å². The number of aryl methyl sites for hydroxylation is 1. The SMILES string of the molecule is O=S(=O)(O)CCCCCCCCCc1ncc[nH]1. The lowest BCUT2D eigenvalue weighted by Gasteiger charge is -2.01. The molecule has 104 valence electrons. The van der Waals surface area contributed by atoms with Gasteiger partial charge in [-0.1, -0.05) is 32.1 Å². The summed E-state index contributed by atoms with van der Waals surface area (Å²) in [6, 6.07) is 0. The molecule has 0 unspecified atom stereocenters. The van der Waals surface area contributed by atoms with E-state index in [1.165, 1.54) is 12.8 Å². The molecule has 0 aliphatic heterocycles. The van der Waals surface area contributed by atoms with Gasteiger partial charge in [-0.2, -0.15) is 8.42 Å². The van der Waals surface area contributed by atoms with Gasteiger partial charge >= 0.3 is 0 Å². The van der Waals surface area contributed by atoms with E-state index in [2.05, 4.69) is 9.97 Å². The fourth-order valence-corrected chi connectivity index (χ4v) is 2.46. The van der Waals surface area contributed by atoms with E-state index in [4.69, 9.17) is 4.55 Å². The summed E-state index contributed by atoms with van der Waals surface area (Å²) in [5.74, 6) is 0.939. The first-order chi connectivity index (χ1) is 8.58. The number of aromatic nitrogens is 2. The number of rotatable bonds is 10. The zero-order chi connectivity index (χ0) is 13.3. The van der Waals surface area contributed by atoms with Crippen molar-refractivity contribution in [2.45, 2.75) is 51.4 Å². The van der Waals surface area contributed by atoms with Crippen molar-refractivity contribution in [3.05, 3.63) is 18.2 Å². The topological polar surface area (TPSA) is 83.1 Å². The van der Waals surface area contributed by atoms with Crippen molar-refractivity contribution in [3.8, 4) is 0 Å². The monoisotopic (exact) mass is 274 g/mol. The molecule has 0 bridgehead atoms. The van der Waals surface area contributed by atoms with Crippen LogP contribution in [0.15, 0.2) is 12.4 Å². The van der Waals surface area contributed by atoms with E-state index in [1.54, 1.807) is 6.20 Å². The van der Waals surface area contributed by atoms with Crippen molar-refractivity contribution >= 4 is 10.1 Å². The molecule has 1 aromatic heterocycles. The van der Waals surface area contributed by atoms with Crippen LogP contribution in [0.4, 0.5) is 0 Å². The second-order valence-corrected chi connectivity index (χ2v) is 6.12. The largest absolute Gasteiger partial charge is 0.349 e. The number of hydrogen-bond donors (Lipinski definition) is 2. The molecule has 1 aromatic rings. The highest BCUT2D eigenvalue weighted by atomic mass is 32.2. The molecule has 6 heteroatoms. The summed E-state index contributed by atoms with van der Waals surface area (Å²) in [4.78, 5) is 7.24. The minimum atomic E-state index is -3.76. The van der Waals surface area contributed by atoms with Gasteiger partial charge in [-0.15, -0.1) is 0 Å². The van der Waals surface area contributed by atoms with Gasteiger partial charge < -0.3 is 4.98 Å². The van der Waals surface area contributed by atoms with Crippen LogP contribution >= 0.6 is 0 Å². The first-order valence-corrected chi connectivity index (χ1v) is 8.12. The number of aromatic amines is 1. The number of nitrogens with zero attached hydrogens (tertiary/aromatic N) is 1. The number of H-pyrrole nitrogens is 1. The van der Waals surface area contributed by atoms with Gasteiger partial charge in [0.1, 0.15) is 5.82 Å². The third-order valence-electron chi connectivity index (χ3n) is 2.87. The van der Waals surface area contributed by atoms with Gasteiger partial charge in [-0.25, -0.2) is 4.98 Å². The molecule has 5 nitrogen and oxygen atoms in total. The molecule has 0 saturated heterocycles. The van der Waals surface area contributed by atoms with E-state index in [1.807, 2.05) is 6.20 Å². The summed E-state index contributed by atoms with van der Waals surface area (Å²) in [6.45, 7) is 0. The zero-order valence-corrected chi connectivity index (χ0v) is 11.5. The maximum atomic E-state index is 10.5. The van der Waals surface area contributed by atoms with E-state index in [-0.39, 0.29) is 5.75 Å². The molecule has 0 atom stereocenters. The minimum absolute atomic E-state index is 0.106. The average Bonchev–Trinajstić information content (AvgIpc) is 2.78. The molecule has 0 radical (unpaired) electrons. The molecule has 2 N–H and O–H groups in total. The summed E-state index contributed by atoms with van der Waals surface area (Å²) in [6.07, 6.45) is 11.7. The quantitative estimate of drug-likeness (QED) is 0.507. The van der Waals surface area contributed by atoms with Crippen LogP contribution in [-0.4, -0.2) is 28.7 Å². The first-order valence-electron chi connectivity index (χ1n) is 6.51. The van der Waals surface area contributed by atoms with Crippen LogP contribution in [0.1, 0.15) is 50.8 Å². The van der Waals surface area contributed by atoms with Gasteiger partial charge in [-0.3, -0.25) is 4.55 Å². The van der Waals surface area contributed by atoms with Crippen molar-refractivity contribution in [2.24, 2.45) is 0 Å². The maximum Gasteiger partial charge on any atom is 0.264 e.